The Morgan fingerprint density at radius 3 is 2.68 bits per heavy atom. The molecule has 0 spiro atoms. The van der Waals surface area contributed by atoms with Crippen molar-refractivity contribution in [2.24, 2.45) is 0 Å². The fraction of sp³-hybridized carbons (Fsp3) is 0.353. The van der Waals surface area contributed by atoms with E-state index < -0.39 is 0 Å². The van der Waals surface area contributed by atoms with E-state index in [2.05, 4.69) is 10.6 Å². The van der Waals surface area contributed by atoms with Crippen molar-refractivity contribution in [2.45, 2.75) is 32.4 Å². The van der Waals surface area contributed by atoms with Crippen molar-refractivity contribution in [1.82, 2.24) is 5.32 Å². The van der Waals surface area contributed by atoms with Crippen LogP contribution >= 0.6 is 0 Å². The number of nitrogens with one attached hydrogen (secondary N) is 2. The first-order valence-electron chi connectivity index (χ1n) is 7.32. The zero-order valence-corrected chi connectivity index (χ0v) is 13.1. The van der Waals surface area contributed by atoms with Crippen molar-refractivity contribution < 1.29 is 13.9 Å². The third-order valence-electron chi connectivity index (χ3n) is 3.38. The first-order chi connectivity index (χ1) is 10.6. The van der Waals surface area contributed by atoms with Gasteiger partial charge in [-0.1, -0.05) is 12.1 Å². The Hall–Kier alpha value is -2.27. The summed E-state index contributed by atoms with van der Waals surface area (Å²) >= 11 is 0. The van der Waals surface area contributed by atoms with Crippen LogP contribution < -0.4 is 15.4 Å². The second kappa shape index (κ2) is 7.66. The van der Waals surface area contributed by atoms with Crippen LogP contribution in [0.1, 0.15) is 32.1 Å². The minimum atomic E-state index is -0.0591. The summed E-state index contributed by atoms with van der Waals surface area (Å²) < 4.78 is 10.6. The molecule has 1 aromatic heterocycles. The molecular weight excluding hydrogens is 280 g/mol. The molecule has 2 aromatic rings. The summed E-state index contributed by atoms with van der Waals surface area (Å²) in [6.45, 7) is 3.98. The maximum absolute atomic E-state index is 12.1. The molecule has 0 aliphatic rings. The molecule has 0 bridgehead atoms. The van der Waals surface area contributed by atoms with Crippen LogP contribution in [0.2, 0.25) is 0 Å². The van der Waals surface area contributed by atoms with E-state index in [1.54, 1.807) is 13.4 Å². The molecule has 0 aliphatic carbocycles. The third-order valence-corrected chi connectivity index (χ3v) is 3.38. The molecule has 5 heteroatoms. The smallest absolute Gasteiger partial charge is 0.226 e. The van der Waals surface area contributed by atoms with Gasteiger partial charge in [-0.05, 0) is 38.1 Å². The lowest BCUT2D eigenvalue weighted by Crippen LogP contribution is -2.32. The highest BCUT2D eigenvalue weighted by Gasteiger charge is 2.15. The molecule has 2 atom stereocenters. The van der Waals surface area contributed by atoms with Gasteiger partial charge in [-0.15, -0.1) is 0 Å². The molecule has 22 heavy (non-hydrogen) atoms. The van der Waals surface area contributed by atoms with Crippen LogP contribution in [0.4, 0.5) is 5.69 Å². The predicted octanol–water partition coefficient (Wildman–Crippen LogP) is 3.36. The van der Waals surface area contributed by atoms with Crippen LogP contribution in [0.5, 0.6) is 5.75 Å². The summed E-state index contributed by atoms with van der Waals surface area (Å²) in [4.78, 5) is 12.1. The summed E-state index contributed by atoms with van der Waals surface area (Å²) in [7, 11) is 1.58. The number of hydrogen-bond acceptors (Lipinski definition) is 4. The molecule has 2 rings (SSSR count). The molecule has 2 N–H and O–H groups in total. The average molecular weight is 302 g/mol. The summed E-state index contributed by atoms with van der Waals surface area (Å²) in [5.41, 5.74) is 0.682. The Morgan fingerprint density at radius 1 is 1.23 bits per heavy atom. The zero-order chi connectivity index (χ0) is 15.9. The topological polar surface area (TPSA) is 63.5 Å². The summed E-state index contributed by atoms with van der Waals surface area (Å²) in [5, 5.41) is 6.21. The second-order valence-electron chi connectivity index (χ2n) is 5.26. The van der Waals surface area contributed by atoms with Crippen molar-refractivity contribution in [3.63, 3.8) is 0 Å². The highest BCUT2D eigenvalue weighted by atomic mass is 16.5. The highest BCUT2D eigenvalue weighted by Crippen LogP contribution is 2.23. The monoisotopic (exact) mass is 302 g/mol. The van der Waals surface area contributed by atoms with Crippen molar-refractivity contribution >= 4 is 11.6 Å². The van der Waals surface area contributed by atoms with Crippen molar-refractivity contribution in [1.29, 1.82) is 0 Å². The number of rotatable bonds is 7. The van der Waals surface area contributed by atoms with Gasteiger partial charge in [0, 0.05) is 12.5 Å². The maximum atomic E-state index is 12.1. The number of furan rings is 1. The quantitative estimate of drug-likeness (QED) is 0.823. The van der Waals surface area contributed by atoms with Gasteiger partial charge in [0.15, 0.2) is 0 Å². The third kappa shape index (κ3) is 4.36. The van der Waals surface area contributed by atoms with E-state index in [1.165, 1.54) is 0 Å². The summed E-state index contributed by atoms with van der Waals surface area (Å²) in [5.74, 6) is 1.45. The summed E-state index contributed by atoms with van der Waals surface area (Å²) in [6, 6.07) is 11.2. The number of ether oxygens (including phenoxy) is 1. The molecule has 0 fully saturated rings. The maximum Gasteiger partial charge on any atom is 0.226 e. The molecule has 0 unspecified atom stereocenters. The van der Waals surface area contributed by atoms with E-state index in [1.807, 2.05) is 50.2 Å². The zero-order valence-electron chi connectivity index (χ0n) is 13.1. The van der Waals surface area contributed by atoms with E-state index in [4.69, 9.17) is 9.15 Å². The van der Waals surface area contributed by atoms with Gasteiger partial charge in [-0.3, -0.25) is 4.79 Å². The first-order valence-corrected chi connectivity index (χ1v) is 7.32. The number of amides is 1. The van der Waals surface area contributed by atoms with Crippen molar-refractivity contribution in [2.75, 3.05) is 12.4 Å². The predicted molar refractivity (Wildman–Crippen MR) is 86.0 cm³/mol. The van der Waals surface area contributed by atoms with Crippen molar-refractivity contribution in [3.8, 4) is 5.75 Å². The molecule has 0 saturated heterocycles. The van der Waals surface area contributed by atoms with Gasteiger partial charge in [0.2, 0.25) is 5.91 Å². The van der Waals surface area contributed by atoms with Gasteiger partial charge in [0.25, 0.3) is 0 Å². The largest absolute Gasteiger partial charge is 0.495 e. The van der Waals surface area contributed by atoms with Crippen LogP contribution in [-0.4, -0.2) is 19.1 Å². The summed E-state index contributed by atoms with van der Waals surface area (Å²) in [6.07, 6.45) is 2.01. The molecule has 0 saturated carbocycles. The molecule has 118 valence electrons. The second-order valence-corrected chi connectivity index (χ2v) is 5.26. The molecule has 1 heterocycles. The Kier molecular flexibility index (Phi) is 5.61. The minimum Gasteiger partial charge on any atom is -0.495 e. The normalized spacial score (nSPS) is 13.4. The van der Waals surface area contributed by atoms with Crippen LogP contribution in [0.15, 0.2) is 47.1 Å². The average Bonchev–Trinajstić information content (AvgIpc) is 3.01. The van der Waals surface area contributed by atoms with Crippen molar-refractivity contribution in [3.05, 3.63) is 48.4 Å². The Morgan fingerprint density at radius 2 is 2.00 bits per heavy atom. The number of hydrogen-bond donors (Lipinski definition) is 2. The van der Waals surface area contributed by atoms with Crippen LogP contribution in [0.3, 0.4) is 0 Å². The molecule has 5 nitrogen and oxygen atoms in total. The Bertz CT molecular complexity index is 596. The lowest BCUT2D eigenvalue weighted by Gasteiger charge is -2.18. The molecule has 0 aliphatic heterocycles. The molecule has 1 aromatic carbocycles. The van der Waals surface area contributed by atoms with Gasteiger partial charge in [0.05, 0.1) is 25.1 Å². The number of anilines is 1. The number of benzene rings is 1. The highest BCUT2D eigenvalue weighted by molar-refractivity contribution is 5.92. The van der Waals surface area contributed by atoms with Gasteiger partial charge in [-0.2, -0.15) is 0 Å². The van der Waals surface area contributed by atoms with Crippen LogP contribution in [0, 0.1) is 0 Å². The number of carbonyl (C=O) groups is 1. The standard InChI is InChI=1S/C17H22N2O3/c1-12(18-13(2)15-9-6-10-22-15)11-17(20)19-14-7-4-5-8-16(14)21-3/h4-10,12-13,18H,11H2,1-3H3,(H,19,20)/t12-,13+/m1/s1. The van der Waals surface area contributed by atoms with Gasteiger partial charge >= 0.3 is 0 Å². The fourth-order valence-electron chi connectivity index (χ4n) is 2.33. The fourth-order valence-corrected chi connectivity index (χ4v) is 2.33. The van der Waals surface area contributed by atoms with Crippen LogP contribution in [0.25, 0.3) is 0 Å². The Labute approximate surface area is 130 Å². The van der Waals surface area contributed by atoms with Gasteiger partial charge in [0.1, 0.15) is 11.5 Å². The van der Waals surface area contributed by atoms with E-state index in [9.17, 15) is 4.79 Å². The molecular formula is C17H22N2O3. The lowest BCUT2D eigenvalue weighted by atomic mass is 10.1. The number of methoxy groups -OCH3 is 1. The van der Waals surface area contributed by atoms with E-state index >= 15 is 0 Å². The van der Waals surface area contributed by atoms with Crippen LogP contribution in [-0.2, 0) is 4.79 Å². The minimum absolute atomic E-state index is 0.0230. The van der Waals surface area contributed by atoms with E-state index in [0.29, 0.717) is 17.9 Å². The van der Waals surface area contributed by atoms with Gasteiger partial charge < -0.3 is 19.8 Å². The van der Waals surface area contributed by atoms with E-state index in [0.717, 1.165) is 5.76 Å². The SMILES string of the molecule is COc1ccccc1NC(=O)C[C@@H](C)N[C@@H](C)c1ccco1. The number of para-hydroxylation sites is 2. The van der Waals surface area contributed by atoms with Gasteiger partial charge in [-0.25, -0.2) is 0 Å². The van der Waals surface area contributed by atoms with E-state index in [-0.39, 0.29) is 18.0 Å². The molecule has 0 radical (unpaired) electrons. The molecule has 1 amide bonds. The lowest BCUT2D eigenvalue weighted by molar-refractivity contribution is -0.116. The Balaban J connectivity index is 1.86. The number of carbonyl (C=O) groups excluding carboxylic acids is 1. The first kappa shape index (κ1) is 16.1.